The fourth-order valence-electron chi connectivity index (χ4n) is 8.00. The lowest BCUT2D eigenvalue weighted by Crippen LogP contribution is -2.54. The number of allylic oxidation sites excluding steroid dienone is 1. The van der Waals surface area contributed by atoms with Crippen molar-refractivity contribution < 1.29 is 14.6 Å². The first-order valence-electron chi connectivity index (χ1n) is 10.5. The maximum Gasteiger partial charge on any atom is 0.306 e. The van der Waals surface area contributed by atoms with E-state index in [9.17, 15) is 9.90 Å². The molecule has 0 amide bonds. The summed E-state index contributed by atoms with van der Waals surface area (Å²) in [6.45, 7) is 4.92. The fourth-order valence-corrected chi connectivity index (χ4v) is 8.00. The van der Waals surface area contributed by atoms with E-state index in [1.54, 1.807) is 0 Å². The zero-order valence-electron chi connectivity index (χ0n) is 15.7. The van der Waals surface area contributed by atoms with Crippen molar-refractivity contribution in [2.45, 2.75) is 89.8 Å². The molecule has 3 saturated carbocycles. The molecular weight excluding hydrogens is 312 g/mol. The van der Waals surface area contributed by atoms with Gasteiger partial charge in [-0.05, 0) is 81.0 Å². The Morgan fingerprint density at radius 3 is 2.56 bits per heavy atom. The standard InChI is InChI=1S/C22H32O3/c1-20-9-5-15(23)13-14(20)3-4-16-17(20)6-10-21(2)18(16)7-11-22(21)12-8-19(24)25-22/h13,15-18,23H,3-12H2,1-2H3/t15-,16+,17-,18-,20-,21-,22+/m0/s1. The molecule has 1 N–H and O–H groups in total. The van der Waals surface area contributed by atoms with Gasteiger partial charge in [0.05, 0.1) is 6.10 Å². The molecule has 4 aliphatic carbocycles. The molecule has 0 unspecified atom stereocenters. The summed E-state index contributed by atoms with van der Waals surface area (Å²) in [6, 6.07) is 0. The number of ether oxygens (including phenoxy) is 1. The van der Waals surface area contributed by atoms with Crippen LogP contribution in [0.15, 0.2) is 11.6 Å². The van der Waals surface area contributed by atoms with Crippen LogP contribution >= 0.6 is 0 Å². The molecule has 3 nitrogen and oxygen atoms in total. The Bertz CT molecular complexity index is 639. The van der Waals surface area contributed by atoms with E-state index in [2.05, 4.69) is 19.9 Å². The highest BCUT2D eigenvalue weighted by molar-refractivity contribution is 5.72. The average Bonchev–Trinajstić information content (AvgIpc) is 3.10. The average molecular weight is 344 g/mol. The van der Waals surface area contributed by atoms with Gasteiger partial charge >= 0.3 is 5.97 Å². The van der Waals surface area contributed by atoms with Gasteiger partial charge in [-0.25, -0.2) is 0 Å². The van der Waals surface area contributed by atoms with E-state index in [-0.39, 0.29) is 23.1 Å². The van der Waals surface area contributed by atoms with E-state index < -0.39 is 0 Å². The largest absolute Gasteiger partial charge is 0.458 e. The highest BCUT2D eigenvalue weighted by Crippen LogP contribution is 2.69. The molecule has 1 spiro atoms. The minimum atomic E-state index is -0.221. The third-order valence-corrected chi connectivity index (χ3v) is 9.42. The molecular formula is C22H32O3. The fraction of sp³-hybridized carbons (Fsp3) is 0.864. The second-order valence-electron chi connectivity index (χ2n) is 10.1. The minimum Gasteiger partial charge on any atom is -0.458 e. The van der Waals surface area contributed by atoms with Crippen molar-refractivity contribution >= 4 is 5.97 Å². The molecule has 25 heavy (non-hydrogen) atoms. The van der Waals surface area contributed by atoms with Gasteiger partial charge in [0.1, 0.15) is 5.60 Å². The minimum absolute atomic E-state index is 0.0334. The van der Waals surface area contributed by atoms with Gasteiger partial charge in [-0.2, -0.15) is 0 Å². The first-order valence-corrected chi connectivity index (χ1v) is 10.5. The summed E-state index contributed by atoms with van der Waals surface area (Å²) >= 11 is 0. The Kier molecular flexibility index (Phi) is 3.35. The van der Waals surface area contributed by atoms with Crippen LogP contribution in [0.2, 0.25) is 0 Å². The van der Waals surface area contributed by atoms with E-state index in [0.717, 1.165) is 43.9 Å². The molecule has 5 rings (SSSR count). The van der Waals surface area contributed by atoms with Gasteiger partial charge in [-0.3, -0.25) is 4.79 Å². The maximum absolute atomic E-state index is 11.9. The number of hydrogen-bond donors (Lipinski definition) is 1. The van der Waals surface area contributed by atoms with Crippen LogP contribution < -0.4 is 0 Å². The van der Waals surface area contributed by atoms with Crippen molar-refractivity contribution in [3.63, 3.8) is 0 Å². The summed E-state index contributed by atoms with van der Waals surface area (Å²) in [5.74, 6) is 2.27. The number of aliphatic hydroxyl groups is 1. The molecule has 0 aromatic heterocycles. The van der Waals surface area contributed by atoms with E-state index in [1.165, 1.54) is 31.3 Å². The van der Waals surface area contributed by atoms with Crippen LogP contribution in [0.25, 0.3) is 0 Å². The number of hydrogen-bond acceptors (Lipinski definition) is 3. The Labute approximate surface area is 151 Å². The molecule has 1 aliphatic heterocycles. The molecule has 0 aromatic carbocycles. The van der Waals surface area contributed by atoms with Crippen LogP contribution in [-0.2, 0) is 9.53 Å². The van der Waals surface area contributed by atoms with Crippen molar-refractivity contribution in [3.8, 4) is 0 Å². The summed E-state index contributed by atoms with van der Waals surface area (Å²) < 4.78 is 6.02. The van der Waals surface area contributed by atoms with Gasteiger partial charge in [0.2, 0.25) is 0 Å². The van der Waals surface area contributed by atoms with Gasteiger partial charge in [-0.1, -0.05) is 25.5 Å². The van der Waals surface area contributed by atoms with Crippen LogP contribution in [0.5, 0.6) is 0 Å². The SMILES string of the molecule is C[C@]12CC[C@H](O)C=C1CC[C@@H]1[C@@H]2CC[C@@]2(C)[C@H]1CC[C@@]21CCC(=O)O1. The van der Waals surface area contributed by atoms with E-state index >= 15 is 0 Å². The summed E-state index contributed by atoms with van der Waals surface area (Å²) in [5.41, 5.74) is 1.87. The smallest absolute Gasteiger partial charge is 0.306 e. The predicted molar refractivity (Wildman–Crippen MR) is 95.8 cm³/mol. The number of aliphatic hydroxyl groups excluding tert-OH is 1. The van der Waals surface area contributed by atoms with E-state index in [0.29, 0.717) is 17.8 Å². The van der Waals surface area contributed by atoms with Crippen LogP contribution in [0.4, 0.5) is 0 Å². The Morgan fingerprint density at radius 1 is 1.00 bits per heavy atom. The van der Waals surface area contributed by atoms with Crippen LogP contribution in [0, 0.1) is 28.6 Å². The second-order valence-corrected chi connectivity index (χ2v) is 10.1. The van der Waals surface area contributed by atoms with E-state index in [4.69, 9.17) is 4.74 Å². The molecule has 4 fully saturated rings. The Balaban J connectivity index is 1.48. The van der Waals surface area contributed by atoms with Gasteiger partial charge in [-0.15, -0.1) is 0 Å². The topological polar surface area (TPSA) is 46.5 Å². The van der Waals surface area contributed by atoms with E-state index in [1.807, 2.05) is 0 Å². The molecule has 1 heterocycles. The third-order valence-electron chi connectivity index (χ3n) is 9.42. The summed E-state index contributed by atoms with van der Waals surface area (Å²) in [5, 5.41) is 10.1. The lowest BCUT2D eigenvalue weighted by molar-refractivity contribution is -0.168. The number of carbonyl (C=O) groups excluding carboxylic acids is 1. The quantitative estimate of drug-likeness (QED) is 0.524. The van der Waals surface area contributed by atoms with Crippen LogP contribution in [-0.4, -0.2) is 22.8 Å². The van der Waals surface area contributed by atoms with Crippen molar-refractivity contribution in [2.75, 3.05) is 0 Å². The van der Waals surface area contributed by atoms with Gasteiger partial charge in [0.15, 0.2) is 0 Å². The zero-order valence-corrected chi connectivity index (χ0v) is 15.7. The van der Waals surface area contributed by atoms with Crippen molar-refractivity contribution in [1.29, 1.82) is 0 Å². The number of carbonyl (C=O) groups is 1. The first-order chi connectivity index (χ1) is 11.9. The zero-order chi connectivity index (χ0) is 17.4. The highest BCUT2D eigenvalue weighted by atomic mass is 16.6. The molecule has 5 aliphatic rings. The van der Waals surface area contributed by atoms with Crippen molar-refractivity contribution in [2.24, 2.45) is 28.6 Å². The normalized spacial score (nSPS) is 54.5. The number of fused-ring (bicyclic) bond motifs is 6. The van der Waals surface area contributed by atoms with Crippen molar-refractivity contribution in [3.05, 3.63) is 11.6 Å². The molecule has 0 aromatic rings. The number of rotatable bonds is 0. The molecule has 7 atom stereocenters. The lowest BCUT2D eigenvalue weighted by Gasteiger charge is -2.59. The Hall–Kier alpha value is -0.830. The van der Waals surface area contributed by atoms with Gasteiger partial charge < -0.3 is 9.84 Å². The summed E-state index contributed by atoms with van der Waals surface area (Å²) in [7, 11) is 0. The van der Waals surface area contributed by atoms with Crippen LogP contribution in [0.1, 0.15) is 78.1 Å². The second kappa shape index (κ2) is 5.12. The highest BCUT2D eigenvalue weighted by Gasteiger charge is 2.66. The monoisotopic (exact) mass is 344 g/mol. The molecule has 138 valence electrons. The Morgan fingerprint density at radius 2 is 1.80 bits per heavy atom. The molecule has 1 saturated heterocycles. The third kappa shape index (κ3) is 1.99. The summed E-state index contributed by atoms with van der Waals surface area (Å²) in [6.07, 6.45) is 12.8. The molecule has 0 bridgehead atoms. The summed E-state index contributed by atoms with van der Waals surface area (Å²) in [4.78, 5) is 11.9. The first kappa shape index (κ1) is 16.4. The maximum atomic E-state index is 11.9. The predicted octanol–water partition coefficient (Wildman–Crippen LogP) is 4.39. The van der Waals surface area contributed by atoms with Crippen molar-refractivity contribution in [1.82, 2.24) is 0 Å². The van der Waals surface area contributed by atoms with Gasteiger partial charge in [0.25, 0.3) is 0 Å². The van der Waals surface area contributed by atoms with Crippen LogP contribution in [0.3, 0.4) is 0 Å². The molecule has 0 radical (unpaired) electrons. The number of esters is 1. The lowest BCUT2D eigenvalue weighted by atomic mass is 9.46. The molecule has 3 heteroatoms. The van der Waals surface area contributed by atoms with Gasteiger partial charge in [0, 0.05) is 11.8 Å².